The smallest absolute Gasteiger partial charge is 0.409 e. The quantitative estimate of drug-likeness (QED) is 0.617. The molecule has 0 spiro atoms. The Hall–Kier alpha value is -2.32. The molecule has 1 aromatic carbocycles. The third kappa shape index (κ3) is 6.59. The number of amides is 2. The lowest BCUT2D eigenvalue weighted by Crippen LogP contribution is -2.48. The minimum atomic E-state index is -0.268. The van der Waals surface area contributed by atoms with Crippen molar-refractivity contribution in [1.82, 2.24) is 9.80 Å². The molecule has 0 aliphatic carbocycles. The van der Waals surface area contributed by atoms with Gasteiger partial charge in [-0.2, -0.15) is 0 Å². The average molecular weight is 448 g/mol. The van der Waals surface area contributed by atoms with Crippen LogP contribution in [0.2, 0.25) is 0 Å². The van der Waals surface area contributed by atoms with Gasteiger partial charge in [-0.25, -0.2) is 4.79 Å². The third-order valence-electron chi connectivity index (χ3n) is 6.43. The Morgan fingerprint density at radius 3 is 2.12 bits per heavy atom. The molecule has 2 heterocycles. The van der Waals surface area contributed by atoms with Crippen molar-refractivity contribution in [3.8, 4) is 0 Å². The largest absolute Gasteiger partial charge is 0.450 e. The lowest BCUT2D eigenvalue weighted by molar-refractivity contribution is -0.138. The summed E-state index contributed by atoms with van der Waals surface area (Å²) in [6.07, 6.45) is 3.52. The molecule has 0 saturated carbocycles. The molecule has 8 nitrogen and oxygen atoms in total. The van der Waals surface area contributed by atoms with E-state index in [-0.39, 0.29) is 24.2 Å². The zero-order chi connectivity index (χ0) is 22.9. The van der Waals surface area contributed by atoms with Crippen LogP contribution < -0.4 is 5.32 Å². The summed E-state index contributed by atoms with van der Waals surface area (Å²) in [7, 11) is 3.29. The fraction of sp³-hybridized carbons (Fsp3) is 0.667. The van der Waals surface area contributed by atoms with E-state index in [9.17, 15) is 9.59 Å². The first-order chi connectivity index (χ1) is 15.5. The standard InChI is InChI=1S/C24H37N3O5/c1-4-32-24(29)27-13-9-19(10-14-27)23(28)26-15-11-21(12-16-26)25-20-7-5-18(6-8-20)17-22(30-2)31-3/h5-8,19,21-22,25H,4,9-17H2,1-3H3. The zero-order valence-corrected chi connectivity index (χ0v) is 19.5. The number of nitrogens with zero attached hydrogens (tertiary/aromatic N) is 2. The highest BCUT2D eigenvalue weighted by atomic mass is 16.7. The van der Waals surface area contributed by atoms with Crippen molar-refractivity contribution in [3.05, 3.63) is 29.8 Å². The number of benzene rings is 1. The van der Waals surface area contributed by atoms with Crippen LogP contribution in [0, 0.1) is 5.92 Å². The van der Waals surface area contributed by atoms with Gasteiger partial charge in [0.2, 0.25) is 5.91 Å². The highest BCUT2D eigenvalue weighted by Crippen LogP contribution is 2.24. The molecule has 8 heteroatoms. The van der Waals surface area contributed by atoms with E-state index in [4.69, 9.17) is 14.2 Å². The minimum absolute atomic E-state index is 0.0146. The first-order valence-electron chi connectivity index (χ1n) is 11.7. The van der Waals surface area contributed by atoms with Gasteiger partial charge >= 0.3 is 6.09 Å². The fourth-order valence-corrected chi connectivity index (χ4v) is 4.45. The molecule has 0 bridgehead atoms. The van der Waals surface area contributed by atoms with Crippen LogP contribution in [-0.4, -0.2) is 81.1 Å². The second-order valence-electron chi connectivity index (χ2n) is 8.51. The second kappa shape index (κ2) is 12.1. The number of rotatable bonds is 8. The summed E-state index contributed by atoms with van der Waals surface area (Å²) in [4.78, 5) is 28.5. The van der Waals surface area contributed by atoms with Crippen LogP contribution in [0.1, 0.15) is 38.2 Å². The molecular weight excluding hydrogens is 410 g/mol. The van der Waals surface area contributed by atoms with Crippen LogP contribution in [0.4, 0.5) is 10.5 Å². The predicted octanol–water partition coefficient (Wildman–Crippen LogP) is 3.12. The summed E-state index contributed by atoms with van der Waals surface area (Å²) < 4.78 is 15.6. The Bertz CT molecular complexity index is 722. The summed E-state index contributed by atoms with van der Waals surface area (Å²) in [6.45, 7) is 4.93. The van der Waals surface area contributed by atoms with Gasteiger partial charge in [0.05, 0.1) is 6.61 Å². The van der Waals surface area contributed by atoms with E-state index in [1.54, 1.807) is 19.1 Å². The van der Waals surface area contributed by atoms with E-state index in [0.29, 0.717) is 32.2 Å². The third-order valence-corrected chi connectivity index (χ3v) is 6.43. The van der Waals surface area contributed by atoms with Crippen LogP contribution in [0.25, 0.3) is 0 Å². The highest BCUT2D eigenvalue weighted by molar-refractivity contribution is 5.79. The number of ether oxygens (including phenoxy) is 3. The van der Waals surface area contributed by atoms with Gasteiger partial charge in [-0.3, -0.25) is 4.79 Å². The van der Waals surface area contributed by atoms with Gasteiger partial charge in [0.1, 0.15) is 0 Å². The van der Waals surface area contributed by atoms with Crippen LogP contribution in [0.5, 0.6) is 0 Å². The van der Waals surface area contributed by atoms with Gasteiger partial charge in [0.25, 0.3) is 0 Å². The van der Waals surface area contributed by atoms with E-state index >= 15 is 0 Å². The maximum Gasteiger partial charge on any atom is 0.409 e. The lowest BCUT2D eigenvalue weighted by atomic mass is 9.94. The van der Waals surface area contributed by atoms with Gasteiger partial charge in [-0.15, -0.1) is 0 Å². The number of piperidine rings is 2. The van der Waals surface area contributed by atoms with E-state index in [1.165, 1.54) is 5.56 Å². The molecule has 2 fully saturated rings. The molecule has 1 N–H and O–H groups in total. The predicted molar refractivity (Wildman–Crippen MR) is 122 cm³/mol. The Labute approximate surface area is 191 Å². The molecule has 178 valence electrons. The summed E-state index contributed by atoms with van der Waals surface area (Å²) in [5, 5.41) is 3.60. The normalized spacial score (nSPS) is 18.1. The Morgan fingerprint density at radius 1 is 0.969 bits per heavy atom. The molecule has 3 rings (SSSR count). The van der Waals surface area contributed by atoms with Crippen LogP contribution in [-0.2, 0) is 25.4 Å². The van der Waals surface area contributed by atoms with Crippen molar-refractivity contribution >= 4 is 17.7 Å². The van der Waals surface area contributed by atoms with E-state index in [0.717, 1.165) is 44.5 Å². The topological polar surface area (TPSA) is 80.3 Å². The van der Waals surface area contributed by atoms with Crippen molar-refractivity contribution in [2.24, 2.45) is 5.92 Å². The molecular formula is C24H37N3O5. The summed E-state index contributed by atoms with van der Waals surface area (Å²) in [6, 6.07) is 8.73. The van der Waals surface area contributed by atoms with E-state index in [2.05, 4.69) is 29.6 Å². The number of hydrogen-bond acceptors (Lipinski definition) is 6. The van der Waals surface area contributed by atoms with Crippen LogP contribution >= 0.6 is 0 Å². The second-order valence-corrected chi connectivity index (χ2v) is 8.51. The molecule has 2 aliphatic heterocycles. The maximum absolute atomic E-state index is 12.9. The Kier molecular flexibility index (Phi) is 9.17. The molecule has 1 aromatic rings. The van der Waals surface area contributed by atoms with Crippen molar-refractivity contribution < 1.29 is 23.8 Å². The van der Waals surface area contributed by atoms with Gasteiger partial charge in [0.15, 0.2) is 6.29 Å². The van der Waals surface area contributed by atoms with Gasteiger partial charge in [-0.1, -0.05) is 12.1 Å². The molecule has 0 radical (unpaired) electrons. The number of anilines is 1. The van der Waals surface area contributed by atoms with Crippen molar-refractivity contribution in [2.75, 3.05) is 52.3 Å². The monoisotopic (exact) mass is 447 g/mol. The van der Waals surface area contributed by atoms with Gasteiger partial charge < -0.3 is 29.3 Å². The molecule has 2 aliphatic rings. The minimum Gasteiger partial charge on any atom is -0.450 e. The molecule has 0 atom stereocenters. The molecule has 2 saturated heterocycles. The van der Waals surface area contributed by atoms with E-state index in [1.807, 2.05) is 11.8 Å². The number of carbonyl (C=O) groups excluding carboxylic acids is 2. The first-order valence-corrected chi connectivity index (χ1v) is 11.7. The zero-order valence-electron chi connectivity index (χ0n) is 19.5. The number of methoxy groups -OCH3 is 2. The maximum atomic E-state index is 12.9. The molecule has 2 amide bonds. The summed E-state index contributed by atoms with van der Waals surface area (Å²) >= 11 is 0. The summed E-state index contributed by atoms with van der Waals surface area (Å²) in [5.41, 5.74) is 2.26. The number of hydrogen-bond donors (Lipinski definition) is 1. The summed E-state index contributed by atoms with van der Waals surface area (Å²) in [5.74, 6) is 0.253. The van der Waals surface area contributed by atoms with Crippen molar-refractivity contribution in [2.45, 2.75) is 51.4 Å². The number of nitrogens with one attached hydrogen (secondary N) is 1. The van der Waals surface area contributed by atoms with Gasteiger partial charge in [-0.05, 0) is 50.3 Å². The SMILES string of the molecule is CCOC(=O)N1CCC(C(=O)N2CCC(Nc3ccc(CC(OC)OC)cc3)CC2)CC1. The lowest BCUT2D eigenvalue weighted by Gasteiger charge is -2.37. The van der Waals surface area contributed by atoms with Crippen molar-refractivity contribution in [3.63, 3.8) is 0 Å². The number of likely N-dealkylation sites (tertiary alicyclic amines) is 2. The Morgan fingerprint density at radius 2 is 1.56 bits per heavy atom. The van der Waals surface area contributed by atoms with Crippen LogP contribution in [0.3, 0.4) is 0 Å². The first kappa shape index (κ1) is 24.3. The number of carbonyl (C=O) groups is 2. The van der Waals surface area contributed by atoms with Crippen LogP contribution in [0.15, 0.2) is 24.3 Å². The fourth-order valence-electron chi connectivity index (χ4n) is 4.45. The average Bonchev–Trinajstić information content (AvgIpc) is 2.84. The highest BCUT2D eigenvalue weighted by Gasteiger charge is 2.32. The Balaban J connectivity index is 1.40. The molecule has 0 unspecified atom stereocenters. The van der Waals surface area contributed by atoms with E-state index < -0.39 is 0 Å². The molecule has 32 heavy (non-hydrogen) atoms. The molecule has 0 aromatic heterocycles. The van der Waals surface area contributed by atoms with Gasteiger partial charge in [0, 0.05) is 64.5 Å². The van der Waals surface area contributed by atoms with Crippen molar-refractivity contribution in [1.29, 1.82) is 0 Å².